The topological polar surface area (TPSA) is 12.9 Å². The zero-order chi connectivity index (χ0) is 10.3. The van der Waals surface area contributed by atoms with Crippen LogP contribution in [-0.2, 0) is 0 Å². The van der Waals surface area contributed by atoms with Gasteiger partial charge in [0.15, 0.2) is 0 Å². The molecule has 0 radical (unpaired) electrons. The molecule has 0 aliphatic rings. The van der Waals surface area contributed by atoms with Crippen LogP contribution >= 0.6 is 11.3 Å². The standard InChI is InChI=1S/C10H9F2NS/c1-5(2)10-13-8-4-6(11)3-7(12)9(8)14-10/h3-5H,1-2H3. The number of halogens is 2. The van der Waals surface area contributed by atoms with Crippen LogP contribution in [-0.4, -0.2) is 4.98 Å². The molecule has 2 aromatic rings. The molecular formula is C10H9F2NS. The average Bonchev–Trinajstić information content (AvgIpc) is 2.47. The monoisotopic (exact) mass is 213 g/mol. The second-order valence-electron chi connectivity index (χ2n) is 3.44. The molecule has 4 heteroatoms. The summed E-state index contributed by atoms with van der Waals surface area (Å²) in [5, 5.41) is 0.838. The molecule has 0 aliphatic heterocycles. The van der Waals surface area contributed by atoms with Crippen LogP contribution in [0.4, 0.5) is 8.78 Å². The van der Waals surface area contributed by atoms with E-state index in [1.54, 1.807) is 0 Å². The van der Waals surface area contributed by atoms with Crippen molar-refractivity contribution in [2.75, 3.05) is 0 Å². The van der Waals surface area contributed by atoms with E-state index >= 15 is 0 Å². The van der Waals surface area contributed by atoms with Gasteiger partial charge < -0.3 is 0 Å². The van der Waals surface area contributed by atoms with Crippen molar-refractivity contribution in [3.05, 3.63) is 28.8 Å². The van der Waals surface area contributed by atoms with Crippen LogP contribution in [0, 0.1) is 11.6 Å². The highest BCUT2D eigenvalue weighted by atomic mass is 32.1. The third-order valence-corrected chi connectivity index (χ3v) is 3.30. The van der Waals surface area contributed by atoms with Crippen molar-refractivity contribution < 1.29 is 8.78 Å². The van der Waals surface area contributed by atoms with Gasteiger partial charge in [0, 0.05) is 18.1 Å². The molecule has 1 nitrogen and oxygen atoms in total. The van der Waals surface area contributed by atoms with Crippen molar-refractivity contribution in [1.82, 2.24) is 4.98 Å². The summed E-state index contributed by atoms with van der Waals surface area (Å²) < 4.78 is 26.5. The highest BCUT2D eigenvalue weighted by Crippen LogP contribution is 2.29. The van der Waals surface area contributed by atoms with Gasteiger partial charge in [-0.2, -0.15) is 0 Å². The molecule has 0 bridgehead atoms. The van der Waals surface area contributed by atoms with Gasteiger partial charge in [0.05, 0.1) is 15.2 Å². The Morgan fingerprint density at radius 1 is 1.29 bits per heavy atom. The normalized spacial score (nSPS) is 11.5. The molecule has 0 aliphatic carbocycles. The number of rotatable bonds is 1. The predicted molar refractivity (Wildman–Crippen MR) is 53.6 cm³/mol. The minimum Gasteiger partial charge on any atom is -0.241 e. The third-order valence-electron chi connectivity index (χ3n) is 1.92. The van der Waals surface area contributed by atoms with E-state index in [0.717, 1.165) is 11.1 Å². The van der Waals surface area contributed by atoms with Gasteiger partial charge in [0.1, 0.15) is 11.6 Å². The summed E-state index contributed by atoms with van der Waals surface area (Å²) in [6, 6.07) is 2.16. The molecule has 1 aromatic heterocycles. The zero-order valence-corrected chi connectivity index (χ0v) is 8.66. The van der Waals surface area contributed by atoms with Gasteiger partial charge in [-0.1, -0.05) is 13.8 Å². The lowest BCUT2D eigenvalue weighted by Gasteiger charge is -1.94. The third kappa shape index (κ3) is 1.50. The highest BCUT2D eigenvalue weighted by Gasteiger charge is 2.11. The Kier molecular flexibility index (Phi) is 2.23. The van der Waals surface area contributed by atoms with Crippen molar-refractivity contribution in [3.63, 3.8) is 0 Å². The van der Waals surface area contributed by atoms with Crippen molar-refractivity contribution >= 4 is 21.6 Å². The molecule has 0 N–H and O–H groups in total. The molecule has 2 rings (SSSR count). The first-order chi connectivity index (χ1) is 6.58. The minimum absolute atomic E-state index is 0.245. The summed E-state index contributed by atoms with van der Waals surface area (Å²) in [6.45, 7) is 3.96. The first kappa shape index (κ1) is 9.52. The van der Waals surface area contributed by atoms with Crippen LogP contribution in [0.5, 0.6) is 0 Å². The van der Waals surface area contributed by atoms with Gasteiger partial charge in [-0.25, -0.2) is 13.8 Å². The summed E-state index contributed by atoms with van der Waals surface area (Å²) in [5.74, 6) is -0.852. The molecule has 0 fully saturated rings. The fourth-order valence-electron chi connectivity index (χ4n) is 1.22. The molecule has 14 heavy (non-hydrogen) atoms. The molecular weight excluding hydrogens is 204 g/mol. The second kappa shape index (κ2) is 3.28. The fraction of sp³-hybridized carbons (Fsp3) is 0.300. The Hall–Kier alpha value is -1.03. The van der Waals surface area contributed by atoms with E-state index in [1.807, 2.05) is 13.8 Å². The largest absolute Gasteiger partial charge is 0.241 e. The van der Waals surface area contributed by atoms with Crippen molar-refractivity contribution in [3.8, 4) is 0 Å². The maximum Gasteiger partial charge on any atom is 0.145 e. The number of thiazole rings is 1. The number of hydrogen-bond acceptors (Lipinski definition) is 2. The average molecular weight is 213 g/mol. The van der Waals surface area contributed by atoms with Gasteiger partial charge in [-0.15, -0.1) is 11.3 Å². The Morgan fingerprint density at radius 3 is 2.64 bits per heavy atom. The molecule has 0 amide bonds. The number of hydrogen-bond donors (Lipinski definition) is 0. The van der Waals surface area contributed by atoms with Crippen molar-refractivity contribution in [2.45, 2.75) is 19.8 Å². The summed E-state index contributed by atoms with van der Waals surface area (Å²) >= 11 is 1.29. The van der Waals surface area contributed by atoms with E-state index in [0.29, 0.717) is 10.2 Å². The first-order valence-corrected chi connectivity index (χ1v) is 5.15. The highest BCUT2D eigenvalue weighted by molar-refractivity contribution is 7.18. The van der Waals surface area contributed by atoms with Crippen LogP contribution < -0.4 is 0 Å². The van der Waals surface area contributed by atoms with Gasteiger partial charge in [0.2, 0.25) is 0 Å². The molecule has 0 atom stereocenters. The number of nitrogens with zero attached hydrogens (tertiary/aromatic N) is 1. The second-order valence-corrected chi connectivity index (χ2v) is 4.47. The summed E-state index contributed by atoms with van der Waals surface area (Å²) in [4.78, 5) is 4.17. The van der Waals surface area contributed by atoms with Crippen LogP contribution in [0.2, 0.25) is 0 Å². The quantitative estimate of drug-likeness (QED) is 0.703. The van der Waals surface area contributed by atoms with Crippen LogP contribution in [0.25, 0.3) is 10.2 Å². The van der Waals surface area contributed by atoms with E-state index in [4.69, 9.17) is 0 Å². The molecule has 1 heterocycles. The Bertz CT molecular complexity index is 476. The Labute approximate surface area is 84.4 Å². The maximum atomic E-state index is 13.3. The Morgan fingerprint density at radius 2 is 2.00 bits per heavy atom. The zero-order valence-electron chi connectivity index (χ0n) is 7.84. The van der Waals surface area contributed by atoms with E-state index < -0.39 is 11.6 Å². The summed E-state index contributed by atoms with van der Waals surface area (Å²) in [5.41, 5.74) is 0.413. The molecule has 0 saturated carbocycles. The van der Waals surface area contributed by atoms with Gasteiger partial charge in [0.25, 0.3) is 0 Å². The molecule has 1 aromatic carbocycles. The molecule has 0 spiro atoms. The fourth-order valence-corrected chi connectivity index (χ4v) is 2.18. The predicted octanol–water partition coefficient (Wildman–Crippen LogP) is 3.70. The van der Waals surface area contributed by atoms with E-state index in [-0.39, 0.29) is 5.92 Å². The van der Waals surface area contributed by atoms with Crippen LogP contribution in [0.1, 0.15) is 24.8 Å². The lowest BCUT2D eigenvalue weighted by molar-refractivity contribution is 0.593. The smallest absolute Gasteiger partial charge is 0.145 e. The van der Waals surface area contributed by atoms with Crippen LogP contribution in [0.3, 0.4) is 0 Å². The van der Waals surface area contributed by atoms with Gasteiger partial charge in [-0.3, -0.25) is 0 Å². The van der Waals surface area contributed by atoms with E-state index in [2.05, 4.69) is 4.98 Å². The molecule has 74 valence electrons. The van der Waals surface area contributed by atoms with Crippen molar-refractivity contribution in [1.29, 1.82) is 0 Å². The van der Waals surface area contributed by atoms with E-state index in [1.165, 1.54) is 17.4 Å². The SMILES string of the molecule is CC(C)c1nc2cc(F)cc(F)c2s1. The van der Waals surface area contributed by atoms with Crippen LogP contribution in [0.15, 0.2) is 12.1 Å². The first-order valence-electron chi connectivity index (χ1n) is 4.33. The number of fused-ring (bicyclic) bond motifs is 1. The summed E-state index contributed by atoms with van der Waals surface area (Å²) in [7, 11) is 0. The van der Waals surface area contributed by atoms with Gasteiger partial charge >= 0.3 is 0 Å². The molecule has 0 unspecified atom stereocenters. The Balaban J connectivity index is 2.70. The minimum atomic E-state index is -0.574. The number of benzene rings is 1. The lowest BCUT2D eigenvalue weighted by Crippen LogP contribution is -1.83. The number of aromatic nitrogens is 1. The molecule has 0 saturated heterocycles. The summed E-state index contributed by atoms with van der Waals surface area (Å²) in [6.07, 6.45) is 0. The van der Waals surface area contributed by atoms with Crippen molar-refractivity contribution in [2.24, 2.45) is 0 Å². The lowest BCUT2D eigenvalue weighted by atomic mass is 10.2. The van der Waals surface area contributed by atoms with Gasteiger partial charge in [-0.05, 0) is 0 Å². The maximum absolute atomic E-state index is 13.3. The van der Waals surface area contributed by atoms with E-state index in [9.17, 15) is 8.78 Å².